The van der Waals surface area contributed by atoms with Crippen molar-refractivity contribution in [1.82, 2.24) is 15.0 Å². The number of hydrogen-bond acceptors (Lipinski definition) is 6. The first-order valence-corrected chi connectivity index (χ1v) is 11.0. The largest absolute Gasteiger partial charge is 0.354 e. The van der Waals surface area contributed by atoms with Gasteiger partial charge in [-0.3, -0.25) is 10.3 Å². The van der Waals surface area contributed by atoms with Crippen LogP contribution in [0.25, 0.3) is 10.7 Å². The molecule has 0 fully saturated rings. The second-order valence-electron chi connectivity index (χ2n) is 7.44. The molecule has 1 amide bonds. The van der Waals surface area contributed by atoms with E-state index in [1.54, 1.807) is 29.8 Å². The molecule has 2 N–H and O–H groups in total. The van der Waals surface area contributed by atoms with Crippen molar-refractivity contribution in [3.05, 3.63) is 94.5 Å². The zero-order valence-electron chi connectivity index (χ0n) is 17.8. The Bertz CT molecular complexity index is 1210. The zero-order chi connectivity index (χ0) is 22.5. The number of carbonyl (C=O) groups excluding carboxylic acids is 1. The summed E-state index contributed by atoms with van der Waals surface area (Å²) in [5.41, 5.74) is 3.36. The number of benzene rings is 2. The van der Waals surface area contributed by atoms with Crippen LogP contribution >= 0.6 is 11.3 Å². The quantitative estimate of drug-likeness (QED) is 0.468. The third kappa shape index (κ3) is 5.22. The van der Waals surface area contributed by atoms with Gasteiger partial charge in [-0.25, -0.2) is 19.2 Å². The normalized spacial score (nSPS) is 10.8. The summed E-state index contributed by atoms with van der Waals surface area (Å²) in [7, 11) is 1.90. The van der Waals surface area contributed by atoms with Gasteiger partial charge >= 0.3 is 5.91 Å². The molecule has 162 valence electrons. The van der Waals surface area contributed by atoms with Gasteiger partial charge < -0.3 is 4.90 Å². The SMILES string of the molecule is Cc1nc(-c2cncc(N(C)Cc3ccc(F)cc3)n2)sc1C(=O)[NH2+]Cc1ccccc1. The lowest BCUT2D eigenvalue weighted by Crippen LogP contribution is -2.86. The molecular formula is C24H23FN5OS+. The van der Waals surface area contributed by atoms with E-state index in [0.717, 1.165) is 11.1 Å². The minimum Gasteiger partial charge on any atom is -0.354 e. The van der Waals surface area contributed by atoms with Gasteiger partial charge in [0.2, 0.25) is 0 Å². The van der Waals surface area contributed by atoms with Crippen molar-refractivity contribution in [3.8, 4) is 10.7 Å². The van der Waals surface area contributed by atoms with E-state index in [2.05, 4.69) is 15.0 Å². The number of thiazole rings is 1. The Kier molecular flexibility index (Phi) is 6.63. The number of rotatable bonds is 7. The minimum atomic E-state index is -0.260. The standard InChI is InChI=1S/C24H22FN5OS/c1-16-22(23(31)27-12-17-6-4-3-5-7-17)32-24(28-16)20-13-26-14-21(29-20)30(2)15-18-8-10-19(25)11-9-18/h3-11,13-14H,12,15H2,1-2H3,(H,27,31)/p+1. The molecule has 0 bridgehead atoms. The fourth-order valence-electron chi connectivity index (χ4n) is 3.24. The number of quaternary nitrogens is 1. The van der Waals surface area contributed by atoms with E-state index in [1.807, 2.05) is 49.2 Å². The predicted molar refractivity (Wildman–Crippen MR) is 123 cm³/mol. The van der Waals surface area contributed by atoms with Gasteiger partial charge in [0.05, 0.1) is 18.1 Å². The van der Waals surface area contributed by atoms with Crippen molar-refractivity contribution >= 4 is 23.1 Å². The molecule has 0 aliphatic carbocycles. The molecule has 32 heavy (non-hydrogen) atoms. The van der Waals surface area contributed by atoms with Crippen molar-refractivity contribution < 1.29 is 14.5 Å². The monoisotopic (exact) mass is 448 g/mol. The molecule has 4 rings (SSSR count). The molecule has 0 aliphatic heterocycles. The predicted octanol–water partition coefficient (Wildman–Crippen LogP) is 3.59. The number of amides is 1. The number of halogens is 1. The van der Waals surface area contributed by atoms with Gasteiger partial charge in [-0.05, 0) is 24.6 Å². The van der Waals surface area contributed by atoms with Crippen molar-refractivity contribution in [1.29, 1.82) is 0 Å². The van der Waals surface area contributed by atoms with Gasteiger partial charge in [0.1, 0.15) is 28.9 Å². The molecule has 0 unspecified atom stereocenters. The number of carbonyl (C=O) groups is 1. The zero-order valence-corrected chi connectivity index (χ0v) is 18.6. The van der Waals surface area contributed by atoms with E-state index in [4.69, 9.17) is 0 Å². The van der Waals surface area contributed by atoms with Gasteiger partial charge in [0.15, 0.2) is 4.88 Å². The van der Waals surface area contributed by atoms with E-state index >= 15 is 0 Å². The van der Waals surface area contributed by atoms with Crippen LogP contribution in [0.15, 0.2) is 67.0 Å². The smallest absolute Gasteiger partial charge is 0.354 e. The molecule has 0 saturated carbocycles. The van der Waals surface area contributed by atoms with Gasteiger partial charge in [-0.15, -0.1) is 11.3 Å². The lowest BCUT2D eigenvalue weighted by atomic mass is 10.2. The highest BCUT2D eigenvalue weighted by molar-refractivity contribution is 7.16. The maximum absolute atomic E-state index is 13.1. The van der Waals surface area contributed by atoms with Crippen LogP contribution in [0.5, 0.6) is 0 Å². The summed E-state index contributed by atoms with van der Waals surface area (Å²) in [6.07, 6.45) is 3.32. The van der Waals surface area contributed by atoms with Gasteiger partial charge in [0.25, 0.3) is 0 Å². The third-order valence-electron chi connectivity index (χ3n) is 4.95. The number of nitrogens with zero attached hydrogens (tertiary/aromatic N) is 4. The topological polar surface area (TPSA) is 75.6 Å². The van der Waals surface area contributed by atoms with Gasteiger partial charge in [-0.1, -0.05) is 42.5 Å². The highest BCUT2D eigenvalue weighted by Gasteiger charge is 2.20. The van der Waals surface area contributed by atoms with Crippen LogP contribution < -0.4 is 10.2 Å². The van der Waals surface area contributed by atoms with Crippen molar-refractivity contribution in [3.63, 3.8) is 0 Å². The number of primary amides is 1. The molecule has 2 aromatic heterocycles. The second-order valence-corrected chi connectivity index (χ2v) is 8.44. The Hall–Kier alpha value is -3.49. The first kappa shape index (κ1) is 21.7. The fraction of sp³-hybridized carbons (Fsp3) is 0.167. The van der Waals surface area contributed by atoms with Crippen molar-refractivity contribution in [2.24, 2.45) is 0 Å². The Morgan fingerprint density at radius 2 is 1.78 bits per heavy atom. The molecule has 6 nitrogen and oxygen atoms in total. The van der Waals surface area contributed by atoms with Crippen LogP contribution in [0.1, 0.15) is 26.5 Å². The molecule has 0 saturated heterocycles. The van der Waals surface area contributed by atoms with Crippen LogP contribution in [0, 0.1) is 12.7 Å². The number of nitrogens with two attached hydrogens (primary N) is 1. The Labute approximate surface area is 189 Å². The third-order valence-corrected chi connectivity index (χ3v) is 6.15. The summed E-state index contributed by atoms with van der Waals surface area (Å²) < 4.78 is 13.1. The maximum Gasteiger partial charge on any atom is 0.354 e. The van der Waals surface area contributed by atoms with Crippen LogP contribution in [-0.4, -0.2) is 27.9 Å². The maximum atomic E-state index is 13.1. The number of aromatic nitrogens is 3. The molecule has 0 radical (unpaired) electrons. The lowest BCUT2D eigenvalue weighted by molar-refractivity contribution is -0.571. The fourth-order valence-corrected chi connectivity index (χ4v) is 4.20. The number of hydrogen-bond donors (Lipinski definition) is 1. The summed E-state index contributed by atoms with van der Waals surface area (Å²) in [4.78, 5) is 28.8. The van der Waals surface area contributed by atoms with E-state index in [-0.39, 0.29) is 11.7 Å². The molecule has 2 aromatic carbocycles. The van der Waals surface area contributed by atoms with Crippen molar-refractivity contribution in [2.45, 2.75) is 20.0 Å². The molecule has 4 aromatic rings. The molecule has 0 aliphatic rings. The van der Waals surface area contributed by atoms with Gasteiger partial charge in [0, 0.05) is 19.2 Å². The van der Waals surface area contributed by atoms with Crippen LogP contribution in [0.2, 0.25) is 0 Å². The highest BCUT2D eigenvalue weighted by atomic mass is 32.1. The van der Waals surface area contributed by atoms with E-state index in [1.165, 1.54) is 23.5 Å². The minimum absolute atomic E-state index is 0.0346. The van der Waals surface area contributed by atoms with E-state index in [0.29, 0.717) is 40.2 Å². The lowest BCUT2D eigenvalue weighted by Gasteiger charge is -2.18. The summed E-state index contributed by atoms with van der Waals surface area (Å²) in [5.74, 6) is 0.375. The molecule has 2 heterocycles. The van der Waals surface area contributed by atoms with E-state index < -0.39 is 0 Å². The second kappa shape index (κ2) is 9.76. The molecule has 0 atom stereocenters. The summed E-state index contributed by atoms with van der Waals surface area (Å²) in [6.45, 7) is 2.98. The Balaban J connectivity index is 1.48. The average molecular weight is 449 g/mol. The van der Waals surface area contributed by atoms with Crippen molar-refractivity contribution in [2.75, 3.05) is 11.9 Å². The highest BCUT2D eigenvalue weighted by Crippen LogP contribution is 2.27. The van der Waals surface area contributed by atoms with E-state index in [9.17, 15) is 9.18 Å². The number of aryl methyl sites for hydroxylation is 1. The molecular weight excluding hydrogens is 425 g/mol. The van der Waals surface area contributed by atoms with Crippen LogP contribution in [0.4, 0.5) is 10.2 Å². The first-order valence-electron chi connectivity index (χ1n) is 10.2. The molecule has 8 heteroatoms. The van der Waals surface area contributed by atoms with Crippen LogP contribution in [-0.2, 0) is 13.1 Å². The van der Waals surface area contributed by atoms with Gasteiger partial charge in [-0.2, -0.15) is 0 Å². The molecule has 0 spiro atoms. The Morgan fingerprint density at radius 3 is 2.53 bits per heavy atom. The first-order chi connectivity index (χ1) is 15.5. The average Bonchev–Trinajstić information content (AvgIpc) is 3.21. The Morgan fingerprint density at radius 1 is 1.03 bits per heavy atom. The summed E-state index contributed by atoms with van der Waals surface area (Å²) in [6, 6.07) is 16.3. The summed E-state index contributed by atoms with van der Waals surface area (Å²) in [5, 5.41) is 2.35. The van der Waals surface area contributed by atoms with Crippen LogP contribution in [0.3, 0.4) is 0 Å². The number of anilines is 1. The summed E-state index contributed by atoms with van der Waals surface area (Å²) >= 11 is 1.33.